The SMILES string of the molecule is Cc1cccc(C(=O)NCCCCC(NC(=O)CNC(=O)[C@@H](CCC(=O)O)NC(=O)CNC(=O)CN(CCN(CCN2CC(=O)OC(=O)C2)CC(=O)O)CC(=O)O)C(=O)O)c1. The Balaban J connectivity index is 1.86. The van der Waals surface area contributed by atoms with Gasteiger partial charge in [0.05, 0.1) is 45.8 Å². The summed E-state index contributed by atoms with van der Waals surface area (Å²) in [6.45, 7) is -1.48. The van der Waals surface area contributed by atoms with Gasteiger partial charge < -0.3 is 51.7 Å². The summed E-state index contributed by atoms with van der Waals surface area (Å²) in [6, 6.07) is 4.13. The number of nitrogens with one attached hydrogen (secondary N) is 5. The monoisotopic (exact) mass is 864 g/mol. The van der Waals surface area contributed by atoms with E-state index < -0.39 is 117 Å². The molecule has 1 saturated heterocycles. The number of carbonyl (C=O) groups is 11. The molecule has 24 heteroatoms. The Morgan fingerprint density at radius 2 is 1.31 bits per heavy atom. The van der Waals surface area contributed by atoms with Gasteiger partial charge in [0.15, 0.2) is 0 Å². The highest BCUT2D eigenvalue weighted by Gasteiger charge is 2.27. The summed E-state index contributed by atoms with van der Waals surface area (Å²) < 4.78 is 4.46. The Bertz CT molecular complexity index is 1760. The zero-order valence-electron chi connectivity index (χ0n) is 33.5. The molecule has 2 rings (SSSR count). The lowest BCUT2D eigenvalue weighted by molar-refractivity contribution is -0.167. The molecule has 336 valence electrons. The predicted molar refractivity (Wildman–Crippen MR) is 207 cm³/mol. The van der Waals surface area contributed by atoms with Gasteiger partial charge in [-0.05, 0) is 44.7 Å². The maximum Gasteiger partial charge on any atom is 0.327 e. The number of aliphatic carboxylic acids is 4. The highest BCUT2D eigenvalue weighted by atomic mass is 16.6. The topological polar surface area (TPSA) is 348 Å². The van der Waals surface area contributed by atoms with E-state index in [1.54, 1.807) is 18.2 Å². The third kappa shape index (κ3) is 21.9. The minimum Gasteiger partial charge on any atom is -0.481 e. The molecule has 0 radical (unpaired) electrons. The Morgan fingerprint density at radius 3 is 1.92 bits per heavy atom. The lowest BCUT2D eigenvalue weighted by Crippen LogP contribution is -2.52. The lowest BCUT2D eigenvalue weighted by atomic mass is 10.1. The van der Waals surface area contributed by atoms with E-state index >= 15 is 0 Å². The van der Waals surface area contributed by atoms with Gasteiger partial charge in [-0.15, -0.1) is 0 Å². The molecular formula is C37H52N8O16. The molecule has 0 aromatic heterocycles. The Morgan fingerprint density at radius 1 is 0.705 bits per heavy atom. The van der Waals surface area contributed by atoms with Crippen molar-refractivity contribution in [1.82, 2.24) is 41.3 Å². The number of amides is 5. The van der Waals surface area contributed by atoms with E-state index in [-0.39, 0.29) is 58.1 Å². The zero-order chi connectivity index (χ0) is 45.5. The number of cyclic esters (lactones) is 2. The third-order valence-corrected chi connectivity index (χ3v) is 8.77. The van der Waals surface area contributed by atoms with Crippen LogP contribution in [0.1, 0.15) is 48.0 Å². The van der Waals surface area contributed by atoms with Gasteiger partial charge in [0, 0.05) is 44.7 Å². The molecule has 5 amide bonds. The molecule has 61 heavy (non-hydrogen) atoms. The van der Waals surface area contributed by atoms with E-state index in [0.717, 1.165) is 10.5 Å². The summed E-state index contributed by atoms with van der Waals surface area (Å²) in [4.78, 5) is 136. The normalized spacial score (nSPS) is 13.7. The van der Waals surface area contributed by atoms with Crippen LogP contribution in [0.15, 0.2) is 24.3 Å². The fraction of sp³-hybridized carbons (Fsp3) is 0.541. The van der Waals surface area contributed by atoms with Crippen LogP contribution in [-0.2, 0) is 52.7 Å². The third-order valence-electron chi connectivity index (χ3n) is 8.77. The second-order valence-corrected chi connectivity index (χ2v) is 14.0. The van der Waals surface area contributed by atoms with Gasteiger partial charge in [-0.1, -0.05) is 17.7 Å². The number of esters is 2. The highest BCUT2D eigenvalue weighted by Crippen LogP contribution is 2.06. The average Bonchev–Trinajstić information content (AvgIpc) is 3.17. The quantitative estimate of drug-likeness (QED) is 0.0212. The van der Waals surface area contributed by atoms with Gasteiger partial charge in [0.25, 0.3) is 5.91 Å². The molecule has 1 aromatic carbocycles. The number of aryl methyl sites for hydroxylation is 1. The van der Waals surface area contributed by atoms with Gasteiger partial charge >= 0.3 is 35.8 Å². The number of carboxylic acid groups (broad SMARTS) is 4. The molecule has 0 aliphatic carbocycles. The van der Waals surface area contributed by atoms with Crippen LogP contribution >= 0.6 is 0 Å². The number of benzene rings is 1. The van der Waals surface area contributed by atoms with Crippen molar-refractivity contribution < 1.29 is 77.9 Å². The largest absolute Gasteiger partial charge is 0.481 e. The summed E-state index contributed by atoms with van der Waals surface area (Å²) in [5.74, 6) is -10.7. The van der Waals surface area contributed by atoms with Crippen LogP contribution in [0.25, 0.3) is 0 Å². The van der Waals surface area contributed by atoms with E-state index in [2.05, 4.69) is 31.3 Å². The van der Waals surface area contributed by atoms with Crippen molar-refractivity contribution in [3.63, 3.8) is 0 Å². The molecule has 0 spiro atoms. The first-order chi connectivity index (χ1) is 28.8. The van der Waals surface area contributed by atoms with Crippen LogP contribution in [0.3, 0.4) is 0 Å². The Kier molecular flexibility index (Phi) is 22.0. The van der Waals surface area contributed by atoms with Crippen LogP contribution < -0.4 is 26.6 Å². The summed E-state index contributed by atoms with van der Waals surface area (Å²) in [7, 11) is 0. The minimum atomic E-state index is -1.50. The van der Waals surface area contributed by atoms with Crippen molar-refractivity contribution in [1.29, 1.82) is 0 Å². The second kappa shape index (κ2) is 26.5. The second-order valence-electron chi connectivity index (χ2n) is 14.0. The van der Waals surface area contributed by atoms with Gasteiger partial charge in [0.2, 0.25) is 23.6 Å². The van der Waals surface area contributed by atoms with Crippen molar-refractivity contribution in [3.8, 4) is 0 Å². The van der Waals surface area contributed by atoms with Crippen LogP contribution in [0.4, 0.5) is 0 Å². The van der Waals surface area contributed by atoms with Crippen molar-refractivity contribution in [3.05, 3.63) is 35.4 Å². The first kappa shape index (κ1) is 50.6. The van der Waals surface area contributed by atoms with Gasteiger partial charge in [-0.2, -0.15) is 0 Å². The molecule has 2 atom stereocenters. The maximum atomic E-state index is 12.9. The van der Waals surface area contributed by atoms with Crippen LogP contribution in [0.2, 0.25) is 0 Å². The first-order valence-electron chi connectivity index (χ1n) is 19.1. The number of hydrogen-bond donors (Lipinski definition) is 9. The zero-order valence-corrected chi connectivity index (χ0v) is 33.5. The number of hydrogen-bond acceptors (Lipinski definition) is 15. The predicted octanol–water partition coefficient (Wildman–Crippen LogP) is -3.79. The molecule has 1 aliphatic heterocycles. The number of rotatable bonds is 29. The molecule has 1 aromatic rings. The van der Waals surface area contributed by atoms with Crippen molar-refractivity contribution in [2.45, 2.75) is 51.1 Å². The molecule has 24 nitrogen and oxygen atoms in total. The number of carboxylic acids is 4. The summed E-state index contributed by atoms with van der Waals surface area (Å²) >= 11 is 0. The molecule has 1 fully saturated rings. The molecule has 9 N–H and O–H groups in total. The molecule has 0 saturated carbocycles. The average molecular weight is 865 g/mol. The highest BCUT2D eigenvalue weighted by molar-refractivity contribution is 5.95. The van der Waals surface area contributed by atoms with Crippen LogP contribution in [0.5, 0.6) is 0 Å². The van der Waals surface area contributed by atoms with E-state index in [1.807, 2.05) is 13.0 Å². The molecular weight excluding hydrogens is 812 g/mol. The van der Waals surface area contributed by atoms with Gasteiger partial charge in [0.1, 0.15) is 12.1 Å². The van der Waals surface area contributed by atoms with E-state index in [0.29, 0.717) is 18.4 Å². The number of morpholine rings is 1. The van der Waals surface area contributed by atoms with Crippen LogP contribution in [-0.4, -0.2) is 191 Å². The smallest absolute Gasteiger partial charge is 0.327 e. The molecule has 1 aliphatic rings. The molecule has 1 heterocycles. The number of unbranched alkanes of at least 4 members (excludes halogenated alkanes) is 1. The van der Waals surface area contributed by atoms with Crippen LogP contribution in [0, 0.1) is 6.92 Å². The summed E-state index contributed by atoms with van der Waals surface area (Å²) in [6.07, 6.45) is -0.307. The van der Waals surface area contributed by atoms with Gasteiger partial charge in [-0.3, -0.25) is 62.6 Å². The number of carbonyl (C=O) groups excluding carboxylic acids is 7. The standard InChI is InChI=1S/C37H52N8O16/c1-23-5-4-6-24(15-23)35(57)38-10-3-2-7-26(37(59)60)42-28(47)17-40-36(58)25(8-9-30(49)50)41-27(46)16-39-29(48)18-44(20-32(53)54)13-11-43(19-31(51)52)12-14-45-21-33(55)61-34(56)22-45/h4-6,15,25-26H,2-3,7-14,16-22H2,1H3,(H,38,57)(H,39,48)(H,40,58)(H,41,46)(H,42,47)(H,49,50)(H,51,52)(H,53,54)(H,59,60)/t25-,26?/m1/s1. The van der Waals surface area contributed by atoms with Crippen molar-refractivity contribution >= 4 is 65.4 Å². The fourth-order valence-electron chi connectivity index (χ4n) is 5.78. The molecule has 0 bridgehead atoms. The maximum absolute atomic E-state index is 12.9. The van der Waals surface area contributed by atoms with E-state index in [4.69, 9.17) is 5.11 Å². The molecule has 1 unspecified atom stereocenters. The van der Waals surface area contributed by atoms with Gasteiger partial charge in [-0.25, -0.2) is 4.79 Å². The summed E-state index contributed by atoms with van der Waals surface area (Å²) in [5, 5.41) is 49.1. The number of nitrogens with zero attached hydrogens (tertiary/aromatic N) is 3. The van der Waals surface area contributed by atoms with E-state index in [1.165, 1.54) is 9.80 Å². The number of ether oxygens (including phenoxy) is 1. The van der Waals surface area contributed by atoms with E-state index in [9.17, 15) is 68.1 Å². The minimum absolute atomic E-state index is 0.000936. The van der Waals surface area contributed by atoms with Crippen molar-refractivity contribution in [2.75, 3.05) is 78.5 Å². The summed E-state index contributed by atoms with van der Waals surface area (Å²) in [5.41, 5.74) is 1.39. The Hall–Kier alpha value is -6.53. The first-order valence-corrected chi connectivity index (χ1v) is 19.1. The fourth-order valence-corrected chi connectivity index (χ4v) is 5.78. The lowest BCUT2D eigenvalue weighted by Gasteiger charge is -2.29. The van der Waals surface area contributed by atoms with Crippen molar-refractivity contribution in [2.24, 2.45) is 0 Å². The Labute approximate surface area is 349 Å².